The van der Waals surface area contributed by atoms with Crippen LogP contribution < -0.4 is 19.6 Å². The number of nitrogens with zero attached hydrogens (tertiary/aromatic N) is 2. The highest BCUT2D eigenvalue weighted by atomic mass is 79.9. The van der Waals surface area contributed by atoms with E-state index in [4.69, 9.17) is 14.2 Å². The summed E-state index contributed by atoms with van der Waals surface area (Å²) in [5.41, 5.74) is 3.89. The fraction of sp³-hybridized carbons (Fsp3) is 0.231. The fourth-order valence-corrected chi connectivity index (χ4v) is 5.20. The summed E-state index contributed by atoms with van der Waals surface area (Å²) in [5, 5.41) is 3.99. The SMILES string of the molecule is COc1ccc(/C=N\NC(=O)CN(CCc2ccccc2)S(=O)(=O)c2ccc(Br)cc2)c(OC)c1OC. The number of methoxy groups -OCH3 is 3. The van der Waals surface area contributed by atoms with Crippen LogP contribution in [-0.2, 0) is 21.2 Å². The van der Waals surface area contributed by atoms with E-state index in [-0.39, 0.29) is 11.4 Å². The van der Waals surface area contributed by atoms with E-state index in [9.17, 15) is 13.2 Å². The Labute approximate surface area is 225 Å². The lowest BCUT2D eigenvalue weighted by Crippen LogP contribution is -2.40. The Morgan fingerprint density at radius 3 is 2.24 bits per heavy atom. The van der Waals surface area contributed by atoms with Crippen LogP contribution in [0.25, 0.3) is 0 Å². The van der Waals surface area contributed by atoms with Gasteiger partial charge in [0.25, 0.3) is 5.91 Å². The van der Waals surface area contributed by atoms with Gasteiger partial charge in [-0.2, -0.15) is 9.41 Å². The molecule has 0 unspecified atom stereocenters. The quantitative estimate of drug-likeness (QED) is 0.254. The monoisotopic (exact) mass is 589 g/mol. The fourth-order valence-electron chi connectivity index (χ4n) is 3.53. The number of hydrazone groups is 1. The molecule has 9 nitrogen and oxygen atoms in total. The summed E-state index contributed by atoms with van der Waals surface area (Å²) in [4.78, 5) is 12.8. The molecular formula is C26H28BrN3O6S. The second kappa shape index (κ2) is 13.2. The summed E-state index contributed by atoms with van der Waals surface area (Å²) in [7, 11) is 0.535. The van der Waals surface area contributed by atoms with Crippen molar-refractivity contribution in [2.45, 2.75) is 11.3 Å². The molecule has 3 aromatic carbocycles. The van der Waals surface area contributed by atoms with Gasteiger partial charge in [0.2, 0.25) is 15.8 Å². The number of hydrogen-bond acceptors (Lipinski definition) is 7. The van der Waals surface area contributed by atoms with Crippen LogP contribution in [0, 0.1) is 0 Å². The highest BCUT2D eigenvalue weighted by Gasteiger charge is 2.26. The van der Waals surface area contributed by atoms with Gasteiger partial charge >= 0.3 is 0 Å². The van der Waals surface area contributed by atoms with Crippen LogP contribution in [0.1, 0.15) is 11.1 Å². The predicted molar refractivity (Wildman–Crippen MR) is 145 cm³/mol. The molecule has 0 aliphatic heterocycles. The maximum atomic E-state index is 13.4. The van der Waals surface area contributed by atoms with Crippen molar-refractivity contribution in [2.24, 2.45) is 5.10 Å². The van der Waals surface area contributed by atoms with Gasteiger partial charge in [-0.3, -0.25) is 4.79 Å². The van der Waals surface area contributed by atoms with Crippen LogP contribution in [0.2, 0.25) is 0 Å². The number of carbonyl (C=O) groups is 1. The number of rotatable bonds is 12. The van der Waals surface area contributed by atoms with E-state index in [1.165, 1.54) is 39.7 Å². The number of sulfonamides is 1. The molecule has 0 bridgehead atoms. The average molecular weight is 590 g/mol. The largest absolute Gasteiger partial charge is 0.493 e. The van der Waals surface area contributed by atoms with Crippen LogP contribution >= 0.6 is 15.9 Å². The maximum Gasteiger partial charge on any atom is 0.255 e. The van der Waals surface area contributed by atoms with Crippen LogP contribution in [-0.4, -0.2) is 59.3 Å². The first-order chi connectivity index (χ1) is 17.8. The first-order valence-electron chi connectivity index (χ1n) is 11.2. The maximum absolute atomic E-state index is 13.4. The summed E-state index contributed by atoms with van der Waals surface area (Å²) in [6.45, 7) is -0.297. The molecule has 0 atom stereocenters. The standard InChI is InChI=1S/C26H28BrN3O6S/c1-34-23-14-9-20(25(35-2)26(23)36-3)17-28-29-24(31)18-30(16-15-19-7-5-4-6-8-19)37(32,33)22-12-10-21(27)11-13-22/h4-14,17H,15-16,18H2,1-3H3,(H,29,31)/b28-17-. The molecule has 0 aliphatic carbocycles. The van der Waals surface area contributed by atoms with Gasteiger partial charge in [0, 0.05) is 16.6 Å². The normalized spacial score (nSPS) is 11.5. The van der Waals surface area contributed by atoms with Crippen molar-refractivity contribution in [2.75, 3.05) is 34.4 Å². The number of benzene rings is 3. The summed E-state index contributed by atoms with van der Waals surface area (Å²) in [6.07, 6.45) is 1.83. The topological polar surface area (TPSA) is 107 Å². The second-order valence-corrected chi connectivity index (χ2v) is 10.6. The molecule has 0 heterocycles. The Kier molecular flexibility index (Phi) is 10.1. The van der Waals surface area contributed by atoms with Crippen LogP contribution in [0.3, 0.4) is 0 Å². The van der Waals surface area contributed by atoms with E-state index in [2.05, 4.69) is 26.5 Å². The molecule has 37 heavy (non-hydrogen) atoms. The molecule has 0 radical (unpaired) electrons. The summed E-state index contributed by atoms with van der Waals surface area (Å²) in [5.74, 6) is 0.646. The van der Waals surface area contributed by atoms with Crippen LogP contribution in [0.4, 0.5) is 0 Å². The van der Waals surface area contributed by atoms with E-state index >= 15 is 0 Å². The number of ether oxygens (including phenoxy) is 3. The molecule has 196 valence electrons. The Morgan fingerprint density at radius 1 is 0.946 bits per heavy atom. The minimum absolute atomic E-state index is 0.0927. The molecule has 0 saturated heterocycles. The molecule has 0 spiro atoms. The van der Waals surface area contributed by atoms with E-state index < -0.39 is 22.5 Å². The third-order valence-electron chi connectivity index (χ3n) is 5.39. The van der Waals surface area contributed by atoms with E-state index in [1.54, 1.807) is 24.3 Å². The minimum Gasteiger partial charge on any atom is -0.493 e. The molecule has 0 aromatic heterocycles. The molecule has 1 amide bonds. The van der Waals surface area contributed by atoms with Crippen molar-refractivity contribution in [3.63, 3.8) is 0 Å². The van der Waals surface area contributed by atoms with Crippen LogP contribution in [0.15, 0.2) is 81.2 Å². The third-order valence-corrected chi connectivity index (χ3v) is 7.78. The van der Waals surface area contributed by atoms with Crippen molar-refractivity contribution in [1.82, 2.24) is 9.73 Å². The van der Waals surface area contributed by atoms with E-state index in [0.717, 1.165) is 14.3 Å². The number of carbonyl (C=O) groups excluding carboxylic acids is 1. The van der Waals surface area contributed by atoms with Gasteiger partial charge in [0.1, 0.15) is 0 Å². The zero-order valence-electron chi connectivity index (χ0n) is 20.7. The lowest BCUT2D eigenvalue weighted by atomic mass is 10.1. The molecule has 0 fully saturated rings. The number of amides is 1. The van der Waals surface area contributed by atoms with Crippen molar-refractivity contribution < 1.29 is 27.4 Å². The number of hydrogen-bond donors (Lipinski definition) is 1. The van der Waals surface area contributed by atoms with Crippen molar-refractivity contribution in [3.05, 3.63) is 82.3 Å². The molecule has 0 aliphatic rings. The number of halogens is 1. The van der Waals surface area contributed by atoms with Gasteiger partial charge in [-0.05, 0) is 48.4 Å². The first-order valence-corrected chi connectivity index (χ1v) is 13.4. The second-order valence-electron chi connectivity index (χ2n) is 7.74. The van der Waals surface area contributed by atoms with Crippen molar-refractivity contribution in [3.8, 4) is 17.2 Å². The van der Waals surface area contributed by atoms with Gasteiger partial charge < -0.3 is 14.2 Å². The third kappa shape index (κ3) is 7.31. The highest BCUT2D eigenvalue weighted by Crippen LogP contribution is 2.38. The van der Waals surface area contributed by atoms with E-state index in [0.29, 0.717) is 29.2 Å². The molecule has 3 rings (SSSR count). The average Bonchev–Trinajstić information content (AvgIpc) is 2.91. The minimum atomic E-state index is -3.94. The zero-order chi connectivity index (χ0) is 26.8. The van der Waals surface area contributed by atoms with Gasteiger partial charge in [0.05, 0.1) is 39.0 Å². The van der Waals surface area contributed by atoms with Gasteiger partial charge in [0.15, 0.2) is 11.5 Å². The van der Waals surface area contributed by atoms with Gasteiger partial charge in [-0.25, -0.2) is 13.8 Å². The zero-order valence-corrected chi connectivity index (χ0v) is 23.1. The van der Waals surface area contributed by atoms with Gasteiger partial charge in [-0.1, -0.05) is 46.3 Å². The van der Waals surface area contributed by atoms with Crippen molar-refractivity contribution >= 4 is 38.1 Å². The first kappa shape index (κ1) is 28.2. The summed E-state index contributed by atoms with van der Waals surface area (Å²) in [6, 6.07) is 19.1. The van der Waals surface area contributed by atoms with Crippen molar-refractivity contribution in [1.29, 1.82) is 0 Å². The molecule has 1 N–H and O–H groups in total. The van der Waals surface area contributed by atoms with E-state index in [1.807, 2.05) is 30.3 Å². The smallest absolute Gasteiger partial charge is 0.255 e. The lowest BCUT2D eigenvalue weighted by molar-refractivity contribution is -0.121. The Morgan fingerprint density at radius 2 is 1.62 bits per heavy atom. The molecule has 0 saturated carbocycles. The predicted octanol–water partition coefficient (Wildman–Crippen LogP) is 3.86. The number of nitrogens with one attached hydrogen (secondary N) is 1. The molecular weight excluding hydrogens is 562 g/mol. The Bertz CT molecular complexity index is 1330. The molecule has 11 heteroatoms. The Balaban J connectivity index is 1.77. The Hall–Kier alpha value is -3.41. The summed E-state index contributed by atoms with van der Waals surface area (Å²) >= 11 is 3.31. The van der Waals surface area contributed by atoms with Gasteiger partial charge in [-0.15, -0.1) is 0 Å². The lowest BCUT2D eigenvalue weighted by Gasteiger charge is -2.21. The summed E-state index contributed by atoms with van der Waals surface area (Å²) < 4.78 is 44.6. The van der Waals surface area contributed by atoms with Crippen LogP contribution in [0.5, 0.6) is 17.2 Å². The molecule has 3 aromatic rings. The highest BCUT2D eigenvalue weighted by molar-refractivity contribution is 9.10.